The molecule has 1 unspecified atom stereocenters. The minimum absolute atomic E-state index is 0.171. The molecule has 0 radical (unpaired) electrons. The number of carbonyl (C=O) groups excluding carboxylic acids is 2. The van der Waals surface area contributed by atoms with E-state index in [0.717, 1.165) is 22.4 Å². The van der Waals surface area contributed by atoms with Gasteiger partial charge in [0.05, 0.1) is 0 Å². The Labute approximate surface area is 155 Å². The first-order valence-electron chi connectivity index (χ1n) is 8.77. The van der Waals surface area contributed by atoms with Gasteiger partial charge in [0, 0.05) is 18.4 Å². The second kappa shape index (κ2) is 6.71. The van der Waals surface area contributed by atoms with Gasteiger partial charge in [-0.1, -0.05) is 24.3 Å². The van der Waals surface area contributed by atoms with Gasteiger partial charge in [-0.05, 0) is 37.1 Å². The van der Waals surface area contributed by atoms with E-state index in [4.69, 9.17) is 0 Å². The van der Waals surface area contributed by atoms with Gasteiger partial charge in [0.25, 0.3) is 0 Å². The molecule has 0 saturated carbocycles. The van der Waals surface area contributed by atoms with Crippen molar-refractivity contribution in [2.75, 3.05) is 11.4 Å². The van der Waals surface area contributed by atoms with E-state index in [2.05, 4.69) is 10.4 Å². The van der Waals surface area contributed by atoms with E-state index >= 15 is 0 Å². The Morgan fingerprint density at radius 3 is 2.78 bits per heavy atom. The monoisotopic (exact) mass is 365 g/mol. The molecule has 1 aromatic carbocycles. The van der Waals surface area contributed by atoms with Crippen molar-refractivity contribution < 1.29 is 9.59 Å². The molecule has 138 valence electrons. The molecule has 0 saturated heterocycles. The minimum atomic E-state index is -0.698. The van der Waals surface area contributed by atoms with Crippen molar-refractivity contribution in [1.29, 1.82) is 0 Å². The van der Waals surface area contributed by atoms with Gasteiger partial charge in [-0.25, -0.2) is 9.48 Å². The minimum Gasteiger partial charge on any atom is -0.343 e. The van der Waals surface area contributed by atoms with Gasteiger partial charge in [-0.3, -0.25) is 14.0 Å². The molecule has 0 bridgehead atoms. The molecule has 8 nitrogen and oxygen atoms in total. The zero-order valence-electron chi connectivity index (χ0n) is 14.8. The number of aromatic nitrogens is 3. The van der Waals surface area contributed by atoms with Crippen LogP contribution in [-0.2, 0) is 22.6 Å². The van der Waals surface area contributed by atoms with Crippen LogP contribution in [0.15, 0.2) is 53.5 Å². The van der Waals surface area contributed by atoms with E-state index in [9.17, 15) is 14.4 Å². The summed E-state index contributed by atoms with van der Waals surface area (Å²) in [4.78, 5) is 39.0. The summed E-state index contributed by atoms with van der Waals surface area (Å²) in [7, 11) is 0. The lowest BCUT2D eigenvalue weighted by molar-refractivity contribution is -0.127. The molecule has 27 heavy (non-hydrogen) atoms. The van der Waals surface area contributed by atoms with Crippen LogP contribution in [0.25, 0.3) is 5.65 Å². The third-order valence-electron chi connectivity index (χ3n) is 4.68. The number of hydrogen-bond donors (Lipinski definition) is 1. The van der Waals surface area contributed by atoms with Gasteiger partial charge >= 0.3 is 5.69 Å². The number of para-hydroxylation sites is 1. The Morgan fingerprint density at radius 2 is 1.96 bits per heavy atom. The molecule has 0 fully saturated rings. The SMILES string of the molecule is CC(NC(=O)Cn1nc2ccccn2c1=O)C(=O)N1CCc2ccccc21. The van der Waals surface area contributed by atoms with E-state index in [1.807, 2.05) is 24.3 Å². The van der Waals surface area contributed by atoms with E-state index in [0.29, 0.717) is 12.2 Å². The van der Waals surface area contributed by atoms with Crippen molar-refractivity contribution in [3.8, 4) is 0 Å². The average Bonchev–Trinajstić information content (AvgIpc) is 3.23. The molecule has 3 aromatic rings. The smallest absolute Gasteiger partial charge is 0.343 e. The lowest BCUT2D eigenvalue weighted by atomic mass is 10.2. The van der Waals surface area contributed by atoms with Gasteiger partial charge in [-0.2, -0.15) is 0 Å². The Kier molecular flexibility index (Phi) is 4.23. The maximum absolute atomic E-state index is 12.7. The van der Waals surface area contributed by atoms with Crippen LogP contribution in [0, 0.1) is 0 Å². The first-order valence-corrected chi connectivity index (χ1v) is 8.77. The van der Waals surface area contributed by atoms with Crippen LogP contribution in [0.4, 0.5) is 5.69 Å². The van der Waals surface area contributed by atoms with Gasteiger partial charge in [-0.15, -0.1) is 5.10 Å². The van der Waals surface area contributed by atoms with E-state index in [1.165, 1.54) is 4.40 Å². The molecule has 1 N–H and O–H groups in total. The molecular formula is C19H19N5O3. The molecule has 0 spiro atoms. The normalized spacial score (nSPS) is 14.2. The highest BCUT2D eigenvalue weighted by Crippen LogP contribution is 2.27. The molecule has 3 heterocycles. The molecule has 8 heteroatoms. The summed E-state index contributed by atoms with van der Waals surface area (Å²) in [5.74, 6) is -0.607. The van der Waals surface area contributed by atoms with Crippen LogP contribution in [0.1, 0.15) is 12.5 Å². The van der Waals surface area contributed by atoms with Crippen LogP contribution in [0.2, 0.25) is 0 Å². The van der Waals surface area contributed by atoms with Crippen molar-refractivity contribution >= 4 is 23.1 Å². The quantitative estimate of drug-likeness (QED) is 0.733. The number of anilines is 1. The lowest BCUT2D eigenvalue weighted by Gasteiger charge is -2.22. The first-order chi connectivity index (χ1) is 13.0. The Balaban J connectivity index is 1.44. The number of fused-ring (bicyclic) bond motifs is 2. The third-order valence-corrected chi connectivity index (χ3v) is 4.68. The van der Waals surface area contributed by atoms with E-state index < -0.39 is 17.6 Å². The summed E-state index contributed by atoms with van der Waals surface area (Å²) < 4.78 is 2.45. The number of carbonyl (C=O) groups is 2. The Hall–Kier alpha value is -3.42. The Bertz CT molecular complexity index is 1080. The fourth-order valence-electron chi connectivity index (χ4n) is 3.36. The van der Waals surface area contributed by atoms with Gasteiger partial charge in [0.2, 0.25) is 11.8 Å². The number of amides is 2. The number of nitrogens with zero attached hydrogens (tertiary/aromatic N) is 4. The van der Waals surface area contributed by atoms with Crippen molar-refractivity contribution in [1.82, 2.24) is 19.5 Å². The van der Waals surface area contributed by atoms with E-state index in [1.54, 1.807) is 36.2 Å². The van der Waals surface area contributed by atoms with Crippen LogP contribution in [0.5, 0.6) is 0 Å². The third kappa shape index (κ3) is 3.10. The van der Waals surface area contributed by atoms with Crippen LogP contribution >= 0.6 is 0 Å². The number of hydrogen-bond acceptors (Lipinski definition) is 4. The molecule has 4 rings (SSSR count). The molecule has 0 aliphatic carbocycles. The zero-order chi connectivity index (χ0) is 19.0. The van der Waals surface area contributed by atoms with Crippen molar-refractivity contribution in [2.45, 2.75) is 25.9 Å². The predicted molar refractivity (Wildman–Crippen MR) is 99.6 cm³/mol. The highest BCUT2D eigenvalue weighted by atomic mass is 16.2. The summed E-state index contributed by atoms with van der Waals surface area (Å²) in [6.45, 7) is 2.01. The predicted octanol–water partition coefficient (Wildman–Crippen LogP) is 0.590. The summed E-state index contributed by atoms with van der Waals surface area (Å²) in [5.41, 5.74) is 2.09. The number of rotatable bonds is 4. The summed E-state index contributed by atoms with van der Waals surface area (Å²) in [6, 6.07) is 12.2. The first kappa shape index (κ1) is 17.0. The van der Waals surface area contributed by atoms with Gasteiger partial charge in [0.1, 0.15) is 12.6 Å². The fraction of sp³-hybridized carbons (Fsp3) is 0.263. The number of benzene rings is 1. The van der Waals surface area contributed by atoms with Crippen molar-refractivity contribution in [2.24, 2.45) is 0 Å². The largest absolute Gasteiger partial charge is 0.350 e. The zero-order valence-corrected chi connectivity index (χ0v) is 14.8. The highest BCUT2D eigenvalue weighted by molar-refractivity contribution is 6.00. The average molecular weight is 365 g/mol. The summed E-state index contributed by atoms with van der Waals surface area (Å²) in [6.07, 6.45) is 2.40. The maximum atomic E-state index is 12.7. The fourth-order valence-corrected chi connectivity index (χ4v) is 3.36. The van der Waals surface area contributed by atoms with Crippen LogP contribution in [0.3, 0.4) is 0 Å². The van der Waals surface area contributed by atoms with Gasteiger partial charge in [0.15, 0.2) is 5.65 Å². The van der Waals surface area contributed by atoms with Crippen molar-refractivity contribution in [3.05, 3.63) is 64.7 Å². The lowest BCUT2D eigenvalue weighted by Crippen LogP contribution is -2.48. The molecule has 1 aliphatic rings. The van der Waals surface area contributed by atoms with Crippen LogP contribution < -0.4 is 15.9 Å². The standard InChI is InChI=1S/C19H19N5O3/c1-13(18(26)22-11-9-14-6-2-3-7-15(14)22)20-17(25)12-24-19(27)23-10-5-4-8-16(23)21-24/h2-8,10,13H,9,11-12H2,1H3,(H,20,25). The number of nitrogens with one attached hydrogen (secondary N) is 1. The summed E-state index contributed by atoms with van der Waals surface area (Å²) >= 11 is 0. The second-order valence-electron chi connectivity index (χ2n) is 6.53. The van der Waals surface area contributed by atoms with E-state index in [-0.39, 0.29) is 12.5 Å². The van der Waals surface area contributed by atoms with Crippen LogP contribution in [-0.4, -0.2) is 38.6 Å². The molecule has 2 amide bonds. The molecule has 1 aliphatic heterocycles. The molecule has 1 atom stereocenters. The summed E-state index contributed by atoms with van der Waals surface area (Å²) in [5, 5.41) is 6.79. The van der Waals surface area contributed by atoms with Crippen molar-refractivity contribution in [3.63, 3.8) is 0 Å². The molecule has 2 aromatic heterocycles. The highest BCUT2D eigenvalue weighted by Gasteiger charge is 2.28. The number of pyridine rings is 1. The molecular weight excluding hydrogens is 346 g/mol. The maximum Gasteiger partial charge on any atom is 0.350 e. The Morgan fingerprint density at radius 1 is 1.19 bits per heavy atom. The van der Waals surface area contributed by atoms with Gasteiger partial charge < -0.3 is 10.2 Å². The second-order valence-corrected chi connectivity index (χ2v) is 6.53. The topological polar surface area (TPSA) is 88.7 Å².